The highest BCUT2D eigenvalue weighted by molar-refractivity contribution is 5.77. The number of carbonyl (C=O) groups is 1. The Bertz CT molecular complexity index is 918. The molecule has 30 heavy (non-hydrogen) atoms. The second kappa shape index (κ2) is 10.1. The van der Waals surface area contributed by atoms with Crippen molar-refractivity contribution in [3.05, 3.63) is 83.9 Å². The van der Waals surface area contributed by atoms with Crippen molar-refractivity contribution in [1.82, 2.24) is 9.55 Å². The van der Waals surface area contributed by atoms with Gasteiger partial charge in [0.2, 0.25) is 0 Å². The molecule has 0 radical (unpaired) electrons. The number of carboxylic acid groups (broad SMARTS) is 1. The number of hydrogen-bond donors (Lipinski definition) is 1. The molecule has 3 aromatic rings. The SMILES string of the molecule is CCc1ccc(CCCOc2ccc(C[C@@](CC)(C(=O)O)n3cccc3)cc2)nc1. The summed E-state index contributed by atoms with van der Waals surface area (Å²) < 4.78 is 7.65. The number of aryl methyl sites for hydroxylation is 2. The van der Waals surface area contributed by atoms with Gasteiger partial charge in [-0.15, -0.1) is 0 Å². The molecule has 1 N–H and O–H groups in total. The van der Waals surface area contributed by atoms with Crippen LogP contribution in [0, 0.1) is 0 Å². The van der Waals surface area contributed by atoms with Gasteiger partial charge in [0.1, 0.15) is 11.3 Å². The van der Waals surface area contributed by atoms with Gasteiger partial charge in [0.05, 0.1) is 6.61 Å². The third-order valence-corrected chi connectivity index (χ3v) is 5.64. The zero-order valence-electron chi connectivity index (χ0n) is 17.8. The van der Waals surface area contributed by atoms with Crippen molar-refractivity contribution in [2.45, 2.75) is 51.5 Å². The maximum absolute atomic E-state index is 12.1. The Kier molecular flexibility index (Phi) is 7.28. The maximum Gasteiger partial charge on any atom is 0.330 e. The lowest BCUT2D eigenvalue weighted by atomic mass is 9.88. The first kappa shape index (κ1) is 21.6. The van der Waals surface area contributed by atoms with Crippen molar-refractivity contribution in [2.24, 2.45) is 0 Å². The molecule has 0 aliphatic carbocycles. The predicted molar refractivity (Wildman–Crippen MR) is 118 cm³/mol. The monoisotopic (exact) mass is 406 g/mol. The molecule has 0 unspecified atom stereocenters. The molecule has 0 aliphatic rings. The summed E-state index contributed by atoms with van der Waals surface area (Å²) in [5.74, 6) is -0.0199. The first-order valence-electron chi connectivity index (χ1n) is 10.6. The molecule has 5 nitrogen and oxygen atoms in total. The Labute approximate surface area is 178 Å². The van der Waals surface area contributed by atoms with Crippen LogP contribution in [0.1, 0.15) is 43.5 Å². The van der Waals surface area contributed by atoms with Crippen molar-refractivity contribution in [3.8, 4) is 5.75 Å². The van der Waals surface area contributed by atoms with Crippen LogP contribution >= 0.6 is 0 Å². The van der Waals surface area contributed by atoms with E-state index < -0.39 is 11.5 Å². The normalized spacial score (nSPS) is 13.0. The van der Waals surface area contributed by atoms with Crippen molar-refractivity contribution >= 4 is 5.97 Å². The molecule has 0 amide bonds. The van der Waals surface area contributed by atoms with Crippen LogP contribution in [0.2, 0.25) is 0 Å². The molecule has 0 spiro atoms. The zero-order chi connectivity index (χ0) is 21.4. The van der Waals surface area contributed by atoms with Gasteiger partial charge in [0.15, 0.2) is 0 Å². The lowest BCUT2D eigenvalue weighted by Gasteiger charge is -2.30. The fourth-order valence-corrected chi connectivity index (χ4v) is 3.65. The Morgan fingerprint density at radius 1 is 1.07 bits per heavy atom. The van der Waals surface area contributed by atoms with E-state index >= 15 is 0 Å². The summed E-state index contributed by atoms with van der Waals surface area (Å²) in [5.41, 5.74) is 2.33. The molecular formula is C25H30N2O3. The molecule has 3 rings (SSSR count). The van der Waals surface area contributed by atoms with Crippen LogP contribution in [0.5, 0.6) is 5.75 Å². The van der Waals surface area contributed by atoms with Gasteiger partial charge >= 0.3 is 5.97 Å². The number of carboxylic acids is 1. The summed E-state index contributed by atoms with van der Waals surface area (Å²) in [4.78, 5) is 16.6. The van der Waals surface area contributed by atoms with E-state index in [1.165, 1.54) is 5.56 Å². The highest BCUT2D eigenvalue weighted by Gasteiger charge is 2.38. The molecule has 0 bridgehead atoms. The summed E-state index contributed by atoms with van der Waals surface area (Å²) >= 11 is 0. The van der Waals surface area contributed by atoms with Crippen LogP contribution < -0.4 is 4.74 Å². The van der Waals surface area contributed by atoms with Crippen LogP contribution in [0.4, 0.5) is 0 Å². The lowest BCUT2D eigenvalue weighted by molar-refractivity contribution is -0.147. The predicted octanol–water partition coefficient (Wildman–Crippen LogP) is 4.89. The minimum Gasteiger partial charge on any atom is -0.494 e. The Hall–Kier alpha value is -3.08. The zero-order valence-corrected chi connectivity index (χ0v) is 17.8. The first-order valence-corrected chi connectivity index (χ1v) is 10.6. The van der Waals surface area contributed by atoms with E-state index in [0.29, 0.717) is 19.4 Å². The summed E-state index contributed by atoms with van der Waals surface area (Å²) in [5, 5.41) is 9.93. The standard InChI is InChI=1S/C25H30N2O3/c1-3-20-9-12-22(26-19-20)8-7-17-30-23-13-10-21(11-14-23)18-25(4-2,24(28)29)27-15-5-6-16-27/h5-6,9-16,19H,3-4,7-8,17-18H2,1-2H3,(H,28,29)/t25-/m0/s1. The minimum atomic E-state index is -0.980. The molecular weight excluding hydrogens is 376 g/mol. The highest BCUT2D eigenvalue weighted by Crippen LogP contribution is 2.28. The molecule has 158 valence electrons. The quantitative estimate of drug-likeness (QED) is 0.461. The van der Waals surface area contributed by atoms with E-state index in [-0.39, 0.29) is 0 Å². The fraction of sp³-hybridized carbons (Fsp3) is 0.360. The average molecular weight is 407 g/mol. The van der Waals surface area contributed by atoms with Gasteiger partial charge in [0.25, 0.3) is 0 Å². The molecule has 0 fully saturated rings. The number of rotatable bonds is 11. The van der Waals surface area contributed by atoms with Crippen LogP contribution in [0.15, 0.2) is 67.1 Å². The molecule has 0 saturated carbocycles. The number of pyridine rings is 1. The van der Waals surface area contributed by atoms with Crippen LogP contribution in [0.25, 0.3) is 0 Å². The Morgan fingerprint density at radius 3 is 2.33 bits per heavy atom. The summed E-state index contributed by atoms with van der Waals surface area (Å²) in [6.07, 6.45) is 9.29. The van der Waals surface area contributed by atoms with Gasteiger partial charge in [-0.3, -0.25) is 4.98 Å². The number of hydrogen-bond acceptors (Lipinski definition) is 3. The van der Waals surface area contributed by atoms with Crippen LogP contribution in [0.3, 0.4) is 0 Å². The molecule has 2 heterocycles. The highest BCUT2D eigenvalue weighted by atomic mass is 16.5. The van der Waals surface area contributed by atoms with Crippen molar-refractivity contribution < 1.29 is 14.6 Å². The average Bonchev–Trinajstić information content (AvgIpc) is 3.31. The van der Waals surface area contributed by atoms with E-state index in [1.54, 1.807) is 4.57 Å². The van der Waals surface area contributed by atoms with Gasteiger partial charge in [-0.1, -0.05) is 32.0 Å². The summed E-state index contributed by atoms with van der Waals surface area (Å²) in [6, 6.07) is 15.7. The van der Waals surface area contributed by atoms with Crippen LogP contribution in [-0.2, 0) is 29.6 Å². The van der Waals surface area contributed by atoms with Crippen molar-refractivity contribution in [2.75, 3.05) is 6.61 Å². The number of aromatic nitrogens is 2. The third-order valence-electron chi connectivity index (χ3n) is 5.64. The Morgan fingerprint density at radius 2 is 1.77 bits per heavy atom. The van der Waals surface area contributed by atoms with E-state index in [0.717, 1.165) is 36.3 Å². The second-order valence-corrected chi connectivity index (χ2v) is 7.56. The van der Waals surface area contributed by atoms with Crippen LogP contribution in [-0.4, -0.2) is 27.2 Å². The Balaban J connectivity index is 1.54. The smallest absolute Gasteiger partial charge is 0.330 e. The molecule has 5 heteroatoms. The second-order valence-electron chi connectivity index (χ2n) is 7.56. The molecule has 2 aromatic heterocycles. The molecule has 0 saturated heterocycles. The largest absolute Gasteiger partial charge is 0.494 e. The maximum atomic E-state index is 12.1. The van der Waals surface area contributed by atoms with E-state index in [2.05, 4.69) is 24.0 Å². The van der Waals surface area contributed by atoms with Gasteiger partial charge in [0, 0.05) is 30.7 Å². The van der Waals surface area contributed by atoms with Gasteiger partial charge in [-0.25, -0.2) is 4.79 Å². The number of nitrogens with zero attached hydrogens (tertiary/aromatic N) is 2. The van der Waals surface area contributed by atoms with E-state index in [1.807, 2.05) is 61.9 Å². The van der Waals surface area contributed by atoms with Gasteiger partial charge in [-0.05, 0) is 67.1 Å². The summed E-state index contributed by atoms with van der Waals surface area (Å²) in [7, 11) is 0. The molecule has 0 aliphatic heterocycles. The van der Waals surface area contributed by atoms with Crippen molar-refractivity contribution in [3.63, 3.8) is 0 Å². The van der Waals surface area contributed by atoms with Gasteiger partial charge in [-0.2, -0.15) is 0 Å². The van der Waals surface area contributed by atoms with Gasteiger partial charge < -0.3 is 14.4 Å². The minimum absolute atomic E-state index is 0.424. The topological polar surface area (TPSA) is 64.3 Å². The van der Waals surface area contributed by atoms with E-state index in [9.17, 15) is 9.90 Å². The summed E-state index contributed by atoms with van der Waals surface area (Å²) in [6.45, 7) is 4.66. The third kappa shape index (κ3) is 5.09. The lowest BCUT2D eigenvalue weighted by Crippen LogP contribution is -2.42. The van der Waals surface area contributed by atoms with E-state index in [4.69, 9.17) is 4.74 Å². The first-order chi connectivity index (χ1) is 14.6. The molecule has 1 aromatic carbocycles. The van der Waals surface area contributed by atoms with Crippen molar-refractivity contribution in [1.29, 1.82) is 0 Å². The molecule has 1 atom stereocenters. The number of ether oxygens (including phenoxy) is 1. The number of benzene rings is 1. The number of aliphatic carboxylic acids is 1. The fourth-order valence-electron chi connectivity index (χ4n) is 3.65.